The van der Waals surface area contributed by atoms with Crippen molar-refractivity contribution >= 4 is 52.6 Å². The number of ether oxygens (including phenoxy) is 2. The molecule has 2 aromatic carbocycles. The first kappa shape index (κ1) is 42.2. The van der Waals surface area contributed by atoms with Crippen LogP contribution in [0.3, 0.4) is 0 Å². The lowest BCUT2D eigenvalue weighted by atomic mass is 9.57. The van der Waals surface area contributed by atoms with Gasteiger partial charge in [-0.2, -0.15) is 0 Å². The summed E-state index contributed by atoms with van der Waals surface area (Å²) in [6, 6.07) is 5.37. The van der Waals surface area contributed by atoms with E-state index in [4.69, 9.17) is 15.2 Å². The van der Waals surface area contributed by atoms with Crippen molar-refractivity contribution in [3.8, 4) is 5.75 Å². The van der Waals surface area contributed by atoms with E-state index in [1.54, 1.807) is 51.9 Å². The Balaban J connectivity index is 1.44. The van der Waals surface area contributed by atoms with Crippen LogP contribution in [-0.2, 0) is 35.1 Å². The second-order valence-corrected chi connectivity index (χ2v) is 16.1. The van der Waals surface area contributed by atoms with Crippen molar-refractivity contribution in [2.75, 3.05) is 51.7 Å². The van der Waals surface area contributed by atoms with E-state index in [0.29, 0.717) is 11.3 Å². The number of likely N-dealkylation sites (N-methyl/N-ethyl adjacent to an activating group) is 1. The number of rotatable bonds is 9. The summed E-state index contributed by atoms with van der Waals surface area (Å²) in [5, 5.41) is 49.1. The van der Waals surface area contributed by atoms with Crippen LogP contribution in [0.2, 0.25) is 0 Å². The third kappa shape index (κ3) is 7.51. The van der Waals surface area contributed by atoms with Crippen LogP contribution in [0, 0.1) is 25.7 Å². The number of carbonyl (C=O) groups excluding carboxylic acids is 6. The first-order valence-corrected chi connectivity index (χ1v) is 18.1. The number of aliphatic hydroxyl groups is 3. The summed E-state index contributed by atoms with van der Waals surface area (Å²) in [6.45, 7) is 7.25. The standard InChI is InChI=1S/C40H49N5O12/c1-18-10-19(2)12-21(11-18)37(53)56-17-57-38(54)45(39(3,4)5)16-26(46)42-24-15-25(43(6)7)22-13-20-14-23-30(44(8)9)33(49)29(36(41)52)35(51)40(23,55)34(50)27(20)32(48)28(22)31(24)47/h10-12,15,20,23,30,47-48,51,55H,13-14,16-17H2,1-9H3,(H2,41,52)(H,42,46)/t20-,23-,30-,40-/m0/s1. The Morgan fingerprint density at radius 3 is 2.12 bits per heavy atom. The van der Waals surface area contributed by atoms with E-state index in [1.807, 2.05) is 19.9 Å². The van der Waals surface area contributed by atoms with Crippen molar-refractivity contribution in [2.24, 2.45) is 17.6 Å². The molecule has 17 nitrogen and oxygen atoms in total. The quantitative estimate of drug-likeness (QED) is 0.0925. The molecular weight excluding hydrogens is 742 g/mol. The lowest BCUT2D eigenvalue weighted by Gasteiger charge is -2.50. The van der Waals surface area contributed by atoms with E-state index in [-0.39, 0.29) is 35.2 Å². The van der Waals surface area contributed by atoms with Gasteiger partial charge in [-0.05, 0) is 91.2 Å². The van der Waals surface area contributed by atoms with Gasteiger partial charge < -0.3 is 45.9 Å². The summed E-state index contributed by atoms with van der Waals surface area (Å²) < 4.78 is 10.3. The number of Topliss-reactive ketones (excluding diaryl/α,β-unsaturated/α-hetero) is 2. The molecule has 7 N–H and O–H groups in total. The van der Waals surface area contributed by atoms with Crippen LogP contribution in [0.4, 0.5) is 16.2 Å². The highest BCUT2D eigenvalue weighted by Crippen LogP contribution is 2.54. The monoisotopic (exact) mass is 791 g/mol. The summed E-state index contributed by atoms with van der Waals surface area (Å²) in [6.07, 6.45) is -1.05. The van der Waals surface area contributed by atoms with Gasteiger partial charge in [-0.3, -0.25) is 29.0 Å². The third-order valence-electron chi connectivity index (χ3n) is 10.6. The van der Waals surface area contributed by atoms with Crippen LogP contribution in [0.25, 0.3) is 5.76 Å². The van der Waals surface area contributed by atoms with Gasteiger partial charge in [0.25, 0.3) is 5.91 Å². The van der Waals surface area contributed by atoms with E-state index in [9.17, 15) is 49.2 Å². The van der Waals surface area contributed by atoms with Gasteiger partial charge in [0.2, 0.25) is 18.5 Å². The number of aliphatic hydroxyl groups excluding tert-OH is 2. The SMILES string of the molecule is Cc1cc(C)cc(C(=O)OCOC(=O)N(CC(=O)Nc2cc(N(C)C)c3c(c2O)C(O)=C2C(=O)[C@]4(O)C(O)=C(C(N)=O)C(=O)[C@@H](N(C)C)[C@@H]4C[C@@H]2C3)C(C)(C)C)c1. The number of hydrogen-bond acceptors (Lipinski definition) is 14. The molecule has 4 atom stereocenters. The van der Waals surface area contributed by atoms with E-state index >= 15 is 0 Å². The van der Waals surface area contributed by atoms with Gasteiger partial charge in [0.05, 0.1) is 22.9 Å². The van der Waals surface area contributed by atoms with Crippen molar-refractivity contribution in [1.82, 2.24) is 9.80 Å². The fraction of sp³-hybridized carbons (Fsp3) is 0.450. The number of anilines is 2. The molecule has 0 spiro atoms. The first-order chi connectivity index (χ1) is 26.4. The zero-order valence-electron chi connectivity index (χ0n) is 33.3. The number of nitrogens with two attached hydrogens (primary N) is 1. The molecule has 0 aliphatic heterocycles. The summed E-state index contributed by atoms with van der Waals surface area (Å²) in [4.78, 5) is 83.5. The third-order valence-corrected chi connectivity index (χ3v) is 10.6. The Bertz CT molecular complexity index is 2130. The molecule has 5 rings (SSSR count). The maximum Gasteiger partial charge on any atom is 0.413 e. The van der Waals surface area contributed by atoms with Gasteiger partial charge in [0.1, 0.15) is 29.4 Å². The molecule has 0 saturated heterocycles. The van der Waals surface area contributed by atoms with Crippen LogP contribution in [0.5, 0.6) is 5.75 Å². The molecular formula is C40H49N5O12. The van der Waals surface area contributed by atoms with Crippen molar-refractivity contribution in [3.63, 3.8) is 0 Å². The average Bonchev–Trinajstić information content (AvgIpc) is 3.08. The summed E-state index contributed by atoms with van der Waals surface area (Å²) in [5.41, 5.74) is 2.67. The van der Waals surface area contributed by atoms with Crippen LogP contribution in [-0.4, -0.2) is 124 Å². The fourth-order valence-electron chi connectivity index (χ4n) is 8.08. The van der Waals surface area contributed by atoms with Gasteiger partial charge >= 0.3 is 12.1 Å². The number of phenolic OH excluding ortho intramolecular Hbond substituents is 1. The number of carbonyl (C=O) groups is 6. The Labute approximate surface area is 329 Å². The smallest absolute Gasteiger partial charge is 0.413 e. The second kappa shape index (κ2) is 15.2. The molecule has 1 saturated carbocycles. The predicted molar refractivity (Wildman–Crippen MR) is 206 cm³/mol. The molecule has 57 heavy (non-hydrogen) atoms. The molecule has 0 bridgehead atoms. The van der Waals surface area contributed by atoms with E-state index < -0.39 is 101 Å². The molecule has 0 unspecified atom stereocenters. The highest BCUT2D eigenvalue weighted by Gasteiger charge is 2.64. The molecule has 2 aromatic rings. The number of benzene rings is 2. The molecule has 1 fully saturated rings. The summed E-state index contributed by atoms with van der Waals surface area (Å²) >= 11 is 0. The fourth-order valence-corrected chi connectivity index (χ4v) is 8.08. The molecule has 0 radical (unpaired) electrons. The molecule has 3 amide bonds. The summed E-state index contributed by atoms with van der Waals surface area (Å²) in [5.74, 6) is -9.52. The van der Waals surface area contributed by atoms with Gasteiger partial charge in [0, 0.05) is 36.8 Å². The van der Waals surface area contributed by atoms with Crippen molar-refractivity contribution in [3.05, 3.63) is 69.0 Å². The number of phenols is 1. The van der Waals surface area contributed by atoms with Gasteiger partial charge in [-0.15, -0.1) is 0 Å². The minimum Gasteiger partial charge on any atom is -0.508 e. The average molecular weight is 792 g/mol. The number of aryl methyl sites for hydroxylation is 2. The van der Waals surface area contributed by atoms with Crippen LogP contribution < -0.4 is 16.0 Å². The number of aromatic hydroxyl groups is 1. The molecule has 306 valence electrons. The predicted octanol–water partition coefficient (Wildman–Crippen LogP) is 2.64. The minimum atomic E-state index is -2.82. The molecule has 17 heteroatoms. The lowest BCUT2D eigenvalue weighted by Crippen LogP contribution is -2.65. The van der Waals surface area contributed by atoms with Crippen molar-refractivity contribution in [2.45, 2.75) is 64.6 Å². The van der Waals surface area contributed by atoms with Crippen molar-refractivity contribution < 1.29 is 58.7 Å². The molecule has 0 aromatic heterocycles. The first-order valence-electron chi connectivity index (χ1n) is 18.1. The zero-order chi connectivity index (χ0) is 42.6. The molecule has 3 aliphatic carbocycles. The van der Waals surface area contributed by atoms with E-state index in [0.717, 1.165) is 16.0 Å². The topological polar surface area (TPSA) is 250 Å². The second-order valence-electron chi connectivity index (χ2n) is 16.1. The van der Waals surface area contributed by atoms with E-state index in [1.165, 1.54) is 25.1 Å². The Morgan fingerprint density at radius 2 is 1.58 bits per heavy atom. The van der Waals surface area contributed by atoms with Crippen LogP contribution in [0.15, 0.2) is 41.2 Å². The highest BCUT2D eigenvalue weighted by molar-refractivity contribution is 6.24. The van der Waals surface area contributed by atoms with E-state index in [2.05, 4.69) is 5.32 Å². The number of amides is 3. The number of hydrogen-bond donors (Lipinski definition) is 6. The van der Waals surface area contributed by atoms with Crippen molar-refractivity contribution in [1.29, 1.82) is 0 Å². The van der Waals surface area contributed by atoms with Crippen LogP contribution >= 0.6 is 0 Å². The lowest BCUT2D eigenvalue weighted by molar-refractivity contribution is -0.153. The maximum absolute atomic E-state index is 14.3. The highest BCUT2D eigenvalue weighted by atomic mass is 16.7. The normalized spacial score (nSPS) is 21.7. The Morgan fingerprint density at radius 1 is 0.965 bits per heavy atom. The molecule has 3 aliphatic rings. The number of fused-ring (bicyclic) bond motifs is 3. The Hall–Kier alpha value is -5.94. The van der Waals surface area contributed by atoms with Gasteiger partial charge in [-0.25, -0.2) is 9.59 Å². The number of primary amides is 1. The largest absolute Gasteiger partial charge is 0.508 e. The number of ketones is 2. The van der Waals surface area contributed by atoms with Gasteiger partial charge in [0.15, 0.2) is 11.4 Å². The number of nitrogens with one attached hydrogen (secondary N) is 1. The summed E-state index contributed by atoms with van der Waals surface area (Å²) in [7, 11) is 6.39. The number of nitrogens with zero attached hydrogens (tertiary/aromatic N) is 3. The Kier molecular flexibility index (Phi) is 11.2. The zero-order valence-corrected chi connectivity index (χ0v) is 33.3. The molecule has 0 heterocycles. The van der Waals surface area contributed by atoms with Gasteiger partial charge in [-0.1, -0.05) is 17.2 Å². The minimum absolute atomic E-state index is 0.0293. The van der Waals surface area contributed by atoms with Crippen LogP contribution in [0.1, 0.15) is 59.8 Å². The number of esters is 1. The maximum atomic E-state index is 14.3.